The number of esters is 1. The van der Waals surface area contributed by atoms with Gasteiger partial charge in [-0.15, -0.1) is 0 Å². The number of nitrogens with two attached hydrogens (primary N) is 1. The lowest BCUT2D eigenvalue weighted by Gasteiger charge is -2.11. The quantitative estimate of drug-likeness (QED) is 0.211. The van der Waals surface area contributed by atoms with Crippen molar-refractivity contribution >= 4 is 11.9 Å². The fourth-order valence-electron chi connectivity index (χ4n) is 1.78. The SMILES string of the molecule is NC(CCC(=O)O)C(=O)Oc1cccc(CCCON(O)O)c1. The Bertz CT molecular complexity index is 522. The smallest absolute Gasteiger partial charge is 0.328 e. The van der Waals surface area contributed by atoms with Gasteiger partial charge >= 0.3 is 11.9 Å². The Morgan fingerprint density at radius 1 is 1.30 bits per heavy atom. The molecular weight excluding hydrogens is 308 g/mol. The summed E-state index contributed by atoms with van der Waals surface area (Å²) >= 11 is 0. The number of carbonyl (C=O) groups is 2. The summed E-state index contributed by atoms with van der Waals surface area (Å²) in [6.07, 6.45) is 0.893. The Morgan fingerprint density at radius 3 is 2.70 bits per heavy atom. The maximum absolute atomic E-state index is 11.8. The highest BCUT2D eigenvalue weighted by atomic mass is 17.1. The lowest BCUT2D eigenvalue weighted by atomic mass is 10.1. The van der Waals surface area contributed by atoms with Crippen LogP contribution in [0.1, 0.15) is 24.8 Å². The second-order valence-corrected chi connectivity index (χ2v) is 4.80. The molecule has 128 valence electrons. The highest BCUT2D eigenvalue weighted by Gasteiger charge is 2.17. The van der Waals surface area contributed by atoms with Gasteiger partial charge in [-0.1, -0.05) is 12.1 Å². The number of carboxylic acids is 1. The standard InChI is InChI=1S/C14H20N2O7/c15-12(6-7-13(17)18)14(19)23-11-5-1-3-10(9-11)4-2-8-22-16(20)21/h1,3,5,9,12,20-21H,2,4,6-8,15H2,(H,17,18). The zero-order valence-corrected chi connectivity index (χ0v) is 12.4. The van der Waals surface area contributed by atoms with Crippen LogP contribution in [0.15, 0.2) is 24.3 Å². The first-order chi connectivity index (χ1) is 10.9. The number of benzene rings is 1. The second-order valence-electron chi connectivity index (χ2n) is 4.80. The van der Waals surface area contributed by atoms with Crippen molar-refractivity contribution in [1.29, 1.82) is 0 Å². The molecule has 0 aliphatic heterocycles. The third kappa shape index (κ3) is 8.24. The minimum absolute atomic E-state index is 0.00398. The van der Waals surface area contributed by atoms with Crippen molar-refractivity contribution in [2.75, 3.05) is 6.61 Å². The number of carboxylic acid groups (broad SMARTS) is 1. The molecule has 0 spiro atoms. The number of hydrogen-bond donors (Lipinski definition) is 4. The van der Waals surface area contributed by atoms with Gasteiger partial charge in [-0.25, -0.2) is 4.79 Å². The number of nitrogens with zero attached hydrogens (tertiary/aromatic N) is 1. The summed E-state index contributed by atoms with van der Waals surface area (Å²) in [6, 6.07) is 5.76. The molecule has 0 radical (unpaired) electrons. The van der Waals surface area contributed by atoms with Crippen LogP contribution in [0.4, 0.5) is 0 Å². The van der Waals surface area contributed by atoms with E-state index in [0.717, 1.165) is 5.56 Å². The number of aryl methyl sites for hydroxylation is 1. The van der Waals surface area contributed by atoms with Crippen LogP contribution in [0, 0.1) is 0 Å². The van der Waals surface area contributed by atoms with Gasteiger partial charge < -0.3 is 15.6 Å². The van der Waals surface area contributed by atoms with Crippen molar-refractivity contribution in [2.24, 2.45) is 5.73 Å². The Morgan fingerprint density at radius 2 is 2.04 bits per heavy atom. The number of ether oxygens (including phenoxy) is 1. The molecule has 0 heterocycles. The first kappa shape index (κ1) is 19.0. The number of hydrogen-bond acceptors (Lipinski definition) is 8. The second kappa shape index (κ2) is 9.87. The van der Waals surface area contributed by atoms with Crippen LogP contribution < -0.4 is 10.5 Å². The maximum atomic E-state index is 11.8. The van der Waals surface area contributed by atoms with Gasteiger partial charge in [0.1, 0.15) is 11.8 Å². The van der Waals surface area contributed by atoms with E-state index in [1.165, 1.54) is 0 Å². The third-order valence-electron chi connectivity index (χ3n) is 2.91. The highest BCUT2D eigenvalue weighted by Crippen LogP contribution is 2.15. The van der Waals surface area contributed by atoms with E-state index < -0.39 is 18.0 Å². The van der Waals surface area contributed by atoms with Crippen molar-refractivity contribution in [3.8, 4) is 5.75 Å². The maximum Gasteiger partial charge on any atom is 0.328 e. The molecule has 9 nitrogen and oxygen atoms in total. The van der Waals surface area contributed by atoms with Crippen molar-refractivity contribution in [1.82, 2.24) is 5.39 Å². The molecular formula is C14H20N2O7. The summed E-state index contributed by atoms with van der Waals surface area (Å²) < 4.78 is 5.12. The lowest BCUT2D eigenvalue weighted by Crippen LogP contribution is -2.34. The van der Waals surface area contributed by atoms with Gasteiger partial charge in [0.05, 0.1) is 12.0 Å². The molecule has 0 bridgehead atoms. The normalized spacial score (nSPS) is 12.2. The average molecular weight is 328 g/mol. The Hall–Kier alpha value is -2.04. The highest BCUT2D eigenvalue weighted by molar-refractivity contribution is 5.78. The van der Waals surface area contributed by atoms with Gasteiger partial charge in [0.15, 0.2) is 0 Å². The first-order valence-electron chi connectivity index (χ1n) is 6.97. The van der Waals surface area contributed by atoms with E-state index in [-0.39, 0.29) is 24.8 Å². The Labute approximate surface area is 132 Å². The fourth-order valence-corrected chi connectivity index (χ4v) is 1.78. The van der Waals surface area contributed by atoms with Crippen LogP contribution in [-0.4, -0.2) is 45.5 Å². The van der Waals surface area contributed by atoms with E-state index in [2.05, 4.69) is 4.84 Å². The number of rotatable bonds is 10. The number of carbonyl (C=O) groups excluding carboxylic acids is 1. The summed E-state index contributed by atoms with van der Waals surface area (Å²) in [4.78, 5) is 26.6. The zero-order valence-electron chi connectivity index (χ0n) is 12.4. The molecule has 0 aliphatic carbocycles. The molecule has 1 rings (SSSR count). The molecule has 1 unspecified atom stereocenters. The molecule has 1 aromatic carbocycles. The average Bonchev–Trinajstić information content (AvgIpc) is 2.49. The van der Waals surface area contributed by atoms with Crippen LogP contribution in [-0.2, 0) is 20.8 Å². The van der Waals surface area contributed by atoms with Crippen LogP contribution >= 0.6 is 0 Å². The third-order valence-corrected chi connectivity index (χ3v) is 2.91. The zero-order chi connectivity index (χ0) is 17.2. The molecule has 0 aliphatic rings. The van der Waals surface area contributed by atoms with Gasteiger partial charge in [0.25, 0.3) is 0 Å². The predicted molar refractivity (Wildman–Crippen MR) is 76.6 cm³/mol. The van der Waals surface area contributed by atoms with Gasteiger partial charge in [0.2, 0.25) is 0 Å². The van der Waals surface area contributed by atoms with E-state index in [1.807, 2.05) is 6.07 Å². The molecule has 0 saturated heterocycles. The largest absolute Gasteiger partial charge is 0.481 e. The van der Waals surface area contributed by atoms with Crippen LogP contribution in [0.25, 0.3) is 0 Å². The molecule has 9 heteroatoms. The molecule has 23 heavy (non-hydrogen) atoms. The van der Waals surface area contributed by atoms with Gasteiger partial charge in [-0.2, -0.15) is 0 Å². The molecule has 0 amide bonds. The van der Waals surface area contributed by atoms with E-state index in [9.17, 15) is 9.59 Å². The van der Waals surface area contributed by atoms with Crippen LogP contribution in [0.3, 0.4) is 0 Å². The van der Waals surface area contributed by atoms with Crippen molar-refractivity contribution in [3.63, 3.8) is 0 Å². The van der Waals surface area contributed by atoms with Gasteiger partial charge in [0, 0.05) is 6.42 Å². The lowest BCUT2D eigenvalue weighted by molar-refractivity contribution is -0.492. The molecule has 1 aromatic rings. The van der Waals surface area contributed by atoms with Gasteiger partial charge in [-0.3, -0.25) is 20.0 Å². The van der Waals surface area contributed by atoms with Crippen molar-refractivity contribution < 1.29 is 34.7 Å². The molecule has 1 atom stereocenters. The summed E-state index contributed by atoms with van der Waals surface area (Å²) in [6.45, 7) is 0.108. The summed E-state index contributed by atoms with van der Waals surface area (Å²) in [7, 11) is 0. The van der Waals surface area contributed by atoms with E-state index in [4.69, 9.17) is 26.0 Å². The van der Waals surface area contributed by atoms with Crippen LogP contribution in [0.2, 0.25) is 0 Å². The first-order valence-corrected chi connectivity index (χ1v) is 6.97. The predicted octanol–water partition coefficient (Wildman–Crippen LogP) is 0.729. The summed E-state index contributed by atoms with van der Waals surface area (Å²) in [5.41, 5.74) is 6.43. The number of aliphatic carboxylic acids is 1. The molecule has 5 N–H and O–H groups in total. The van der Waals surface area contributed by atoms with Crippen molar-refractivity contribution in [2.45, 2.75) is 31.7 Å². The Kier molecular flexibility index (Phi) is 8.16. The van der Waals surface area contributed by atoms with E-state index in [0.29, 0.717) is 18.6 Å². The Balaban J connectivity index is 2.46. The van der Waals surface area contributed by atoms with Crippen LogP contribution in [0.5, 0.6) is 5.75 Å². The molecule has 0 fully saturated rings. The van der Waals surface area contributed by atoms with Crippen molar-refractivity contribution in [3.05, 3.63) is 29.8 Å². The fraction of sp³-hybridized carbons (Fsp3) is 0.429. The summed E-state index contributed by atoms with van der Waals surface area (Å²) in [5.74, 6) is -1.41. The molecule has 0 aromatic heterocycles. The summed E-state index contributed by atoms with van der Waals surface area (Å²) in [5, 5.41) is 25.0. The monoisotopic (exact) mass is 328 g/mol. The topological polar surface area (TPSA) is 143 Å². The van der Waals surface area contributed by atoms with E-state index >= 15 is 0 Å². The van der Waals surface area contributed by atoms with E-state index in [1.54, 1.807) is 18.2 Å². The van der Waals surface area contributed by atoms with Gasteiger partial charge in [-0.05, 0) is 37.0 Å². The molecule has 0 saturated carbocycles. The minimum atomic E-state index is -1.03. The minimum Gasteiger partial charge on any atom is -0.481 e.